The summed E-state index contributed by atoms with van der Waals surface area (Å²) in [6.45, 7) is 7.58. The highest BCUT2D eigenvalue weighted by molar-refractivity contribution is 6.35. The predicted octanol–water partition coefficient (Wildman–Crippen LogP) is 3.29. The number of hydrazine groups is 1. The van der Waals surface area contributed by atoms with E-state index in [1.165, 1.54) is 38.0 Å². The van der Waals surface area contributed by atoms with Gasteiger partial charge in [-0.3, -0.25) is 29.9 Å². The molecule has 5 heterocycles. The number of aliphatic hydroxyl groups is 2. The molecule has 3 aromatic rings. The molecule has 8 atom stereocenters. The number of amides is 5. The number of anilines is 1. The molecular formula is C56H79ClN8O15. The van der Waals surface area contributed by atoms with Crippen molar-refractivity contribution >= 4 is 63.9 Å². The fourth-order valence-corrected chi connectivity index (χ4v) is 10.5. The van der Waals surface area contributed by atoms with Crippen LogP contribution >= 0.6 is 11.6 Å². The van der Waals surface area contributed by atoms with Gasteiger partial charge in [0.15, 0.2) is 5.72 Å². The molecule has 80 heavy (non-hydrogen) atoms. The first kappa shape index (κ1) is 63.0. The van der Waals surface area contributed by atoms with Crippen LogP contribution in [0.4, 0.5) is 10.5 Å². The summed E-state index contributed by atoms with van der Waals surface area (Å²) < 4.78 is 42.9. The third-order valence-electron chi connectivity index (χ3n) is 14.9. The summed E-state index contributed by atoms with van der Waals surface area (Å²) in [6, 6.07) is 11.2. The number of hydrogen-bond acceptors (Lipinski definition) is 17. The number of esters is 1. The first-order valence-electron chi connectivity index (χ1n) is 26.6. The average molecular weight is 1140 g/mol. The molecule has 2 aromatic carbocycles. The second-order valence-electron chi connectivity index (χ2n) is 20.9. The predicted molar refractivity (Wildman–Crippen MR) is 296 cm³/mol. The Balaban J connectivity index is 0.989. The van der Waals surface area contributed by atoms with E-state index in [0.29, 0.717) is 30.9 Å². The van der Waals surface area contributed by atoms with Crippen LogP contribution in [0.5, 0.6) is 5.75 Å². The van der Waals surface area contributed by atoms with Crippen molar-refractivity contribution in [3.8, 4) is 5.75 Å². The van der Waals surface area contributed by atoms with E-state index in [4.69, 9.17) is 44.8 Å². The van der Waals surface area contributed by atoms with E-state index in [-0.39, 0.29) is 70.1 Å². The number of aromatic nitrogens is 1. The maximum Gasteiger partial charge on any atom is 0.409 e. The van der Waals surface area contributed by atoms with Crippen molar-refractivity contribution in [3.63, 3.8) is 0 Å². The molecule has 0 aliphatic carbocycles. The molecule has 1 aromatic heterocycles. The lowest BCUT2D eigenvalue weighted by Crippen LogP contribution is -2.72. The molecule has 4 aliphatic heterocycles. The zero-order chi connectivity index (χ0) is 58.5. The minimum Gasteiger partial charge on any atom is -0.495 e. The van der Waals surface area contributed by atoms with Crippen LogP contribution in [-0.4, -0.2) is 190 Å². The van der Waals surface area contributed by atoms with Gasteiger partial charge in [-0.2, -0.15) is 0 Å². The summed E-state index contributed by atoms with van der Waals surface area (Å²) in [6.07, 6.45) is 1.03. The molecule has 440 valence electrons. The van der Waals surface area contributed by atoms with Gasteiger partial charge in [-0.25, -0.2) is 14.6 Å². The molecule has 6 N–H and O–H groups in total. The number of aryl methyl sites for hydroxylation is 1. The van der Waals surface area contributed by atoms with Gasteiger partial charge < -0.3 is 68.4 Å². The van der Waals surface area contributed by atoms with Crippen LogP contribution in [0.1, 0.15) is 71.1 Å². The summed E-state index contributed by atoms with van der Waals surface area (Å²) in [4.78, 5) is 83.2. The largest absolute Gasteiger partial charge is 0.495 e. The van der Waals surface area contributed by atoms with Gasteiger partial charge in [0.05, 0.1) is 65.2 Å². The topological polar surface area (TPSA) is 270 Å². The molecule has 23 nitrogen and oxygen atoms in total. The molecule has 7 rings (SSSR count). The molecule has 0 saturated carbocycles. The Hall–Kier alpha value is -6.15. The fraction of sp³-hybridized carbons (Fsp3) is 0.571. The van der Waals surface area contributed by atoms with E-state index in [1.807, 2.05) is 56.4 Å². The van der Waals surface area contributed by atoms with Crippen LogP contribution in [0.3, 0.4) is 0 Å². The van der Waals surface area contributed by atoms with Gasteiger partial charge in [0, 0.05) is 71.8 Å². The summed E-state index contributed by atoms with van der Waals surface area (Å²) in [5.41, 5.74) is 2.63. The van der Waals surface area contributed by atoms with Gasteiger partial charge >= 0.3 is 12.1 Å². The number of halogens is 1. The van der Waals surface area contributed by atoms with Crippen molar-refractivity contribution in [3.05, 3.63) is 82.5 Å². The number of para-hydroxylation sites is 1. The van der Waals surface area contributed by atoms with E-state index in [1.54, 1.807) is 45.2 Å². The number of nitrogens with one attached hydrogen (secondary N) is 4. The summed E-state index contributed by atoms with van der Waals surface area (Å²) in [5, 5.41) is 32.7. The zero-order valence-corrected chi connectivity index (χ0v) is 48.2. The Morgan fingerprint density at radius 1 is 1.01 bits per heavy atom. The molecular weight excluding hydrogens is 1060 g/mol. The lowest BCUT2D eigenvalue weighted by Gasteiger charge is -2.59. The molecule has 0 radical (unpaired) electrons. The number of likely N-dealkylation sites (N-methyl/N-ethyl adjacent to an activating group) is 1. The second kappa shape index (κ2) is 28.0. The smallest absolute Gasteiger partial charge is 0.409 e. The van der Waals surface area contributed by atoms with Gasteiger partial charge in [-0.15, -0.1) is 0 Å². The normalized spacial score (nSPS) is 25.1. The number of rotatable bonds is 23. The van der Waals surface area contributed by atoms with E-state index in [2.05, 4.69) is 32.0 Å². The number of nitrogens with zero attached hydrogens (tertiary/aromatic N) is 4. The zero-order valence-electron chi connectivity index (χ0n) is 47.4. The number of hydrogen-bond donors (Lipinski definition) is 6. The fourth-order valence-electron chi connectivity index (χ4n) is 10.2. The highest BCUT2D eigenvalue weighted by Gasteiger charge is 2.63. The van der Waals surface area contributed by atoms with Gasteiger partial charge in [0.25, 0.3) is 0 Å². The number of methoxy groups -OCH3 is 2. The third-order valence-corrected chi connectivity index (χ3v) is 15.3. The molecule has 2 saturated heterocycles. The number of ether oxygens (including phenoxy) is 7. The standard InChI is InChI=1S/C56H79ClN8O15/c1-35-14-13-17-44(75-10)56(73)31-46(79-53(72)61-56)55(4)34-54(3,80-55)45(30-49(69)64(8)42-27-37(26-35)28-43(74-9)50(42)57)78-52(71)36(2)63(7)48(68)19-22-76-24-25-77-23-20-59-51(70)40(33-66)60-47(67)18-21-65-39(32-62(6)58-5)29-38-15-11-12-16-41(38)65/h11-17,27-29,36,40,44-46,58,66,73H,18-26,30-34H2,1-10H3,(H,59,70)(H,60,67)(H,61,72)/b17-13+,35-14+/t36-,40-,44+,45-,46-,54+,55?,56-/m0/s1. The lowest BCUT2D eigenvalue weighted by molar-refractivity contribution is -0.328. The number of alkyl carbamates (subject to hydrolysis) is 1. The first-order valence-corrected chi connectivity index (χ1v) is 27.0. The SMILES string of the molecule is CNN(C)Cc1cc2ccccc2n1CCC(=O)N[C@@H](CO)C(=O)NCCOCCOCCC(=O)N(C)[C@@H](C)C(=O)O[C@H]1CC(=O)N(C)c2cc(cc(OC)c2Cl)C/C(C)=C/C=C/[C@@H](OC)[C@@]2(O)C[C@H](OC(=O)N2)C2(C)C[C@@]1(C)O2. The maximum absolute atomic E-state index is 14.3. The van der Waals surface area contributed by atoms with Crippen molar-refractivity contribution in [1.82, 2.24) is 35.9 Å². The van der Waals surface area contributed by atoms with E-state index >= 15 is 0 Å². The molecule has 24 heteroatoms. The second-order valence-corrected chi connectivity index (χ2v) is 21.3. The highest BCUT2D eigenvalue weighted by Crippen LogP contribution is 2.50. The number of carbonyl (C=O) groups excluding carboxylic acids is 6. The number of allylic oxidation sites excluding steroid dienone is 3. The van der Waals surface area contributed by atoms with Crippen LogP contribution in [0, 0.1) is 0 Å². The number of benzene rings is 2. The van der Waals surface area contributed by atoms with Gasteiger partial charge in [-0.1, -0.05) is 53.6 Å². The minimum atomic E-state index is -1.91. The highest BCUT2D eigenvalue weighted by atomic mass is 35.5. The van der Waals surface area contributed by atoms with E-state index in [9.17, 15) is 39.0 Å². The molecule has 0 spiro atoms. The number of aliphatic hydroxyl groups excluding tert-OH is 1. The first-order chi connectivity index (χ1) is 38.0. The summed E-state index contributed by atoms with van der Waals surface area (Å²) in [7, 11) is 9.62. The summed E-state index contributed by atoms with van der Waals surface area (Å²) >= 11 is 6.82. The quantitative estimate of drug-likeness (QED) is 0.0452. The van der Waals surface area contributed by atoms with Crippen LogP contribution < -0.4 is 31.0 Å². The molecule has 5 amide bonds. The number of fused-ring (bicyclic) bond motifs is 7. The van der Waals surface area contributed by atoms with Crippen LogP contribution in [0.25, 0.3) is 10.9 Å². The Kier molecular flexibility index (Phi) is 22.1. The van der Waals surface area contributed by atoms with E-state index < -0.39 is 89.6 Å². The Morgan fingerprint density at radius 3 is 2.41 bits per heavy atom. The van der Waals surface area contributed by atoms with Crippen molar-refractivity contribution in [2.45, 2.75) is 127 Å². The maximum atomic E-state index is 14.3. The lowest BCUT2D eigenvalue weighted by atomic mass is 9.72. The summed E-state index contributed by atoms with van der Waals surface area (Å²) in [5.74, 6) is -2.37. The molecule has 1 unspecified atom stereocenters. The number of carbonyl (C=O) groups is 6. The Morgan fingerprint density at radius 2 is 1.73 bits per heavy atom. The van der Waals surface area contributed by atoms with Crippen LogP contribution in [0.15, 0.2) is 66.3 Å². The van der Waals surface area contributed by atoms with Crippen molar-refractivity contribution in [1.29, 1.82) is 0 Å². The molecule has 6 bridgehead atoms. The monoisotopic (exact) mass is 1140 g/mol. The van der Waals surface area contributed by atoms with E-state index in [0.717, 1.165) is 27.7 Å². The van der Waals surface area contributed by atoms with Gasteiger partial charge in [0.2, 0.25) is 23.6 Å². The van der Waals surface area contributed by atoms with Crippen LogP contribution in [0.2, 0.25) is 5.02 Å². The third kappa shape index (κ3) is 15.6. The van der Waals surface area contributed by atoms with Gasteiger partial charge in [-0.05, 0) is 76.4 Å². The Labute approximate surface area is 472 Å². The van der Waals surface area contributed by atoms with Gasteiger partial charge in [0.1, 0.15) is 52.4 Å². The van der Waals surface area contributed by atoms with Crippen LogP contribution in [-0.2, 0) is 71.9 Å². The average Bonchev–Trinajstić information content (AvgIpc) is 3.93. The van der Waals surface area contributed by atoms with Crippen molar-refractivity contribution < 1.29 is 72.1 Å². The minimum absolute atomic E-state index is 0.00601. The molecule has 4 aliphatic rings. The van der Waals surface area contributed by atoms with Crippen molar-refractivity contribution in [2.24, 2.45) is 0 Å². The van der Waals surface area contributed by atoms with Crippen molar-refractivity contribution in [2.75, 3.05) is 86.9 Å². The Bertz CT molecular complexity index is 2750. The molecule has 2 fully saturated rings.